The van der Waals surface area contributed by atoms with Crippen LogP contribution in [0.4, 0.5) is 18.9 Å². The van der Waals surface area contributed by atoms with Crippen LogP contribution in [-0.4, -0.2) is 10.0 Å². The molecule has 0 fully saturated rings. The van der Waals surface area contributed by atoms with Crippen molar-refractivity contribution < 1.29 is 32.7 Å². The summed E-state index contributed by atoms with van der Waals surface area (Å²) in [5.74, 6) is -7.97. The molecule has 1 N–H and O–H groups in total. The average Bonchev–Trinajstić information content (AvgIpc) is 2.72. The highest BCUT2D eigenvalue weighted by atomic mass is 19.2. The topological polar surface area (TPSA) is 81.8 Å². The van der Waals surface area contributed by atoms with Crippen LogP contribution in [0.1, 0.15) is 11.1 Å². The largest absolute Gasteiger partial charge is 0.500 e. The fourth-order valence-electron chi connectivity index (χ4n) is 2.49. The summed E-state index contributed by atoms with van der Waals surface area (Å²) in [7, 11) is 0. The summed E-state index contributed by atoms with van der Waals surface area (Å²) in [4.78, 5) is 9.21. The fraction of sp³-hybridized carbons (Fsp3) is 0.100. The van der Waals surface area contributed by atoms with Gasteiger partial charge in [-0.25, -0.2) is 0 Å². The van der Waals surface area contributed by atoms with Crippen molar-refractivity contribution in [1.82, 2.24) is 0 Å². The van der Waals surface area contributed by atoms with Gasteiger partial charge in [-0.1, -0.05) is 42.5 Å². The highest BCUT2D eigenvalue weighted by Gasteiger charge is 2.33. The molecule has 9 heteroatoms. The summed E-state index contributed by atoms with van der Waals surface area (Å²) in [6, 6.07) is 15.8. The first kappa shape index (κ1) is 20.0. The number of halogens is 3. The van der Waals surface area contributed by atoms with Crippen LogP contribution in [0.3, 0.4) is 0 Å². The van der Waals surface area contributed by atoms with Crippen LogP contribution in [0.25, 0.3) is 0 Å². The van der Waals surface area contributed by atoms with Crippen LogP contribution < -0.4 is 9.47 Å². The van der Waals surface area contributed by atoms with E-state index in [2.05, 4.69) is 0 Å². The molecule has 0 aliphatic carbocycles. The first-order chi connectivity index (χ1) is 13.9. The molecular weight excluding hydrogens is 391 g/mol. The molecule has 0 amide bonds. The Balaban J connectivity index is 1.68. The highest BCUT2D eigenvalue weighted by molar-refractivity contribution is 5.53. The molecule has 150 valence electrons. The van der Waals surface area contributed by atoms with Gasteiger partial charge in [0.05, 0.1) is 4.92 Å². The van der Waals surface area contributed by atoms with E-state index in [0.717, 1.165) is 5.56 Å². The first-order valence-electron chi connectivity index (χ1n) is 8.30. The predicted octanol–water partition coefficient (Wildman–Crippen LogP) is 4.88. The molecule has 0 saturated carbocycles. The first-order valence-corrected chi connectivity index (χ1v) is 8.30. The summed E-state index contributed by atoms with van der Waals surface area (Å²) in [6.45, 7) is -0.0159. The molecule has 0 aromatic heterocycles. The number of nitro benzene ring substituents is 1. The van der Waals surface area contributed by atoms with Gasteiger partial charge in [0.1, 0.15) is 19.0 Å². The maximum atomic E-state index is 14.0. The Morgan fingerprint density at radius 3 is 2.03 bits per heavy atom. The molecule has 0 atom stereocenters. The summed E-state index contributed by atoms with van der Waals surface area (Å²) < 4.78 is 52.1. The van der Waals surface area contributed by atoms with Gasteiger partial charge in [0.25, 0.3) is 0 Å². The molecule has 3 aromatic carbocycles. The number of hydrogen-bond acceptors (Lipinski definition) is 5. The van der Waals surface area contributed by atoms with Gasteiger partial charge in [-0.05, 0) is 23.3 Å². The third-order valence-electron chi connectivity index (χ3n) is 3.97. The van der Waals surface area contributed by atoms with Crippen LogP contribution in [0.2, 0.25) is 0 Å². The quantitative estimate of drug-likeness (QED) is 0.344. The zero-order valence-electron chi connectivity index (χ0n) is 14.8. The minimum Gasteiger partial charge on any atom is -0.500 e. The molecule has 3 rings (SSSR count). The number of benzene rings is 3. The van der Waals surface area contributed by atoms with Crippen molar-refractivity contribution in [2.75, 3.05) is 0 Å². The summed E-state index contributed by atoms with van der Waals surface area (Å²) in [5, 5.41) is 20.1. The lowest BCUT2D eigenvalue weighted by Crippen LogP contribution is -2.05. The molecule has 0 saturated heterocycles. The Morgan fingerprint density at radius 1 is 0.828 bits per heavy atom. The second-order valence-corrected chi connectivity index (χ2v) is 5.93. The van der Waals surface area contributed by atoms with Crippen molar-refractivity contribution in [1.29, 1.82) is 0 Å². The van der Waals surface area contributed by atoms with Gasteiger partial charge in [-0.15, -0.1) is 0 Å². The van der Waals surface area contributed by atoms with E-state index in [4.69, 9.17) is 9.47 Å². The molecule has 6 nitrogen and oxygen atoms in total. The van der Waals surface area contributed by atoms with Crippen molar-refractivity contribution in [3.63, 3.8) is 0 Å². The number of phenols is 1. The van der Waals surface area contributed by atoms with E-state index in [1.54, 1.807) is 24.3 Å². The normalized spacial score (nSPS) is 10.6. The number of phenolic OH excluding ortho intramolecular Hbond substituents is 1. The van der Waals surface area contributed by atoms with Crippen LogP contribution in [-0.2, 0) is 13.2 Å². The third kappa shape index (κ3) is 4.40. The van der Waals surface area contributed by atoms with Crippen molar-refractivity contribution >= 4 is 5.69 Å². The van der Waals surface area contributed by atoms with Gasteiger partial charge < -0.3 is 14.6 Å². The van der Waals surface area contributed by atoms with Crippen molar-refractivity contribution in [3.8, 4) is 17.2 Å². The molecule has 0 aliphatic heterocycles. The van der Waals surface area contributed by atoms with E-state index in [-0.39, 0.29) is 6.61 Å². The lowest BCUT2D eigenvalue weighted by Gasteiger charge is -2.11. The van der Waals surface area contributed by atoms with Crippen molar-refractivity contribution in [2.45, 2.75) is 13.2 Å². The number of aromatic hydroxyl groups is 1. The monoisotopic (exact) mass is 405 g/mol. The molecule has 0 unspecified atom stereocenters. The molecule has 0 aliphatic rings. The van der Waals surface area contributed by atoms with Gasteiger partial charge in [0.15, 0.2) is 5.75 Å². The molecular formula is C20H14F3NO5. The zero-order chi connectivity index (χ0) is 21.0. The molecule has 0 spiro atoms. The van der Waals surface area contributed by atoms with Crippen LogP contribution in [0, 0.1) is 27.6 Å². The maximum absolute atomic E-state index is 14.0. The number of ether oxygens (including phenoxy) is 2. The van der Waals surface area contributed by atoms with Crippen LogP contribution in [0.5, 0.6) is 17.2 Å². The zero-order valence-corrected chi connectivity index (χ0v) is 14.8. The highest BCUT2D eigenvalue weighted by Crippen LogP contribution is 2.40. The van der Waals surface area contributed by atoms with Crippen LogP contribution in [0.15, 0.2) is 54.6 Å². The van der Waals surface area contributed by atoms with E-state index in [1.165, 1.54) is 0 Å². The number of hydrogen-bond donors (Lipinski definition) is 1. The molecule has 3 aromatic rings. The minimum atomic E-state index is -2.01. The van der Waals surface area contributed by atoms with E-state index in [0.29, 0.717) is 17.9 Å². The van der Waals surface area contributed by atoms with E-state index >= 15 is 0 Å². The number of rotatable bonds is 7. The summed E-state index contributed by atoms with van der Waals surface area (Å²) in [6.07, 6.45) is 0. The molecule has 0 heterocycles. The Bertz CT molecular complexity index is 998. The Labute approximate surface area is 162 Å². The molecule has 29 heavy (non-hydrogen) atoms. The Hall–Kier alpha value is -3.75. The fourth-order valence-corrected chi connectivity index (χ4v) is 2.49. The predicted molar refractivity (Wildman–Crippen MR) is 96.2 cm³/mol. The van der Waals surface area contributed by atoms with Crippen molar-refractivity contribution in [3.05, 3.63) is 93.3 Å². The SMILES string of the molecule is O=[N+]([O-])c1c(O)c(F)c(OCc2ccc(OCc3ccccc3)cc2)c(F)c1F. The number of nitro groups is 1. The van der Waals surface area contributed by atoms with Gasteiger partial charge in [-0.3, -0.25) is 10.1 Å². The van der Waals surface area contributed by atoms with Gasteiger partial charge in [0.2, 0.25) is 23.2 Å². The van der Waals surface area contributed by atoms with E-state index in [1.807, 2.05) is 30.3 Å². The third-order valence-corrected chi connectivity index (χ3v) is 3.97. The van der Waals surface area contributed by atoms with Crippen LogP contribution >= 0.6 is 0 Å². The standard InChI is InChI=1S/C20H14F3NO5/c21-15-16(22)20(17(23)19(25)18(15)24(26)27)29-11-13-6-8-14(9-7-13)28-10-12-4-2-1-3-5-12/h1-9,25H,10-11H2. The Morgan fingerprint density at radius 2 is 1.41 bits per heavy atom. The summed E-state index contributed by atoms with van der Waals surface area (Å²) >= 11 is 0. The minimum absolute atomic E-state index is 0.356. The van der Waals surface area contributed by atoms with Crippen molar-refractivity contribution in [2.24, 2.45) is 0 Å². The molecule has 0 bridgehead atoms. The average molecular weight is 405 g/mol. The van der Waals surface area contributed by atoms with E-state index < -0.39 is 39.6 Å². The van der Waals surface area contributed by atoms with Gasteiger partial charge in [-0.2, -0.15) is 13.2 Å². The Kier molecular flexibility index (Phi) is 5.87. The smallest absolute Gasteiger partial charge is 0.352 e. The second-order valence-electron chi connectivity index (χ2n) is 5.93. The lowest BCUT2D eigenvalue weighted by molar-refractivity contribution is -0.389. The number of nitrogens with zero attached hydrogens (tertiary/aromatic N) is 1. The second kappa shape index (κ2) is 8.51. The van der Waals surface area contributed by atoms with Gasteiger partial charge in [0, 0.05) is 0 Å². The maximum Gasteiger partial charge on any atom is 0.352 e. The lowest BCUT2D eigenvalue weighted by atomic mass is 10.2. The van der Waals surface area contributed by atoms with E-state index in [9.17, 15) is 28.4 Å². The van der Waals surface area contributed by atoms with Gasteiger partial charge >= 0.3 is 5.69 Å². The summed E-state index contributed by atoms with van der Waals surface area (Å²) in [5.41, 5.74) is -0.243. The molecule has 0 radical (unpaired) electrons.